The van der Waals surface area contributed by atoms with Crippen LogP contribution < -0.4 is 14.9 Å². The van der Waals surface area contributed by atoms with Crippen LogP contribution in [0.1, 0.15) is 22.8 Å². The first-order chi connectivity index (χ1) is 11.1. The molecule has 0 radical (unpaired) electrons. The van der Waals surface area contributed by atoms with Gasteiger partial charge in [-0.1, -0.05) is 28.1 Å². The van der Waals surface area contributed by atoms with E-state index in [1.54, 1.807) is 25.5 Å². The minimum Gasteiger partial charge on any atom is -0.497 e. The molecule has 0 aliphatic carbocycles. The zero-order valence-corrected chi connectivity index (χ0v) is 14.5. The summed E-state index contributed by atoms with van der Waals surface area (Å²) in [6.07, 6.45) is 1.55. The average molecular weight is 377 g/mol. The number of halogens is 1. The second kappa shape index (κ2) is 8.33. The fourth-order valence-electron chi connectivity index (χ4n) is 1.91. The Balaban J connectivity index is 2.09. The van der Waals surface area contributed by atoms with Crippen molar-refractivity contribution in [2.75, 3.05) is 13.7 Å². The molecule has 1 amide bonds. The molecule has 120 valence electrons. The summed E-state index contributed by atoms with van der Waals surface area (Å²) in [7, 11) is 1.60. The van der Waals surface area contributed by atoms with E-state index in [4.69, 9.17) is 9.47 Å². The van der Waals surface area contributed by atoms with Crippen molar-refractivity contribution in [3.8, 4) is 11.5 Å². The lowest BCUT2D eigenvalue weighted by Crippen LogP contribution is -2.18. The molecular formula is C17H17BrN2O3. The Labute approximate surface area is 143 Å². The number of hydrazone groups is 1. The Kier molecular flexibility index (Phi) is 6.17. The highest BCUT2D eigenvalue weighted by Gasteiger charge is 2.12. The standard InChI is InChI=1S/C17H17BrN2O3/c1-3-23-16-8-7-13(18)10-15(16)17(21)20-19-11-12-5-4-6-14(9-12)22-2/h4-11H,3H2,1-2H3,(H,20,21)/b19-11-. The molecule has 0 saturated carbocycles. The molecular weight excluding hydrogens is 360 g/mol. The molecule has 2 aromatic carbocycles. The van der Waals surface area contributed by atoms with Gasteiger partial charge in [0.1, 0.15) is 11.5 Å². The first kappa shape index (κ1) is 17.0. The van der Waals surface area contributed by atoms with Gasteiger partial charge in [0.2, 0.25) is 0 Å². The Bertz CT molecular complexity index is 717. The number of hydrogen-bond donors (Lipinski definition) is 1. The molecule has 0 spiro atoms. The van der Waals surface area contributed by atoms with E-state index in [0.29, 0.717) is 17.9 Å². The maximum atomic E-state index is 12.3. The zero-order chi connectivity index (χ0) is 16.7. The molecule has 23 heavy (non-hydrogen) atoms. The maximum absolute atomic E-state index is 12.3. The van der Waals surface area contributed by atoms with Crippen molar-refractivity contribution in [2.45, 2.75) is 6.92 Å². The predicted molar refractivity (Wildman–Crippen MR) is 93.4 cm³/mol. The summed E-state index contributed by atoms with van der Waals surface area (Å²) >= 11 is 3.35. The Hall–Kier alpha value is -2.34. The number of hydrogen-bond acceptors (Lipinski definition) is 4. The molecule has 5 nitrogen and oxygen atoms in total. The highest BCUT2D eigenvalue weighted by molar-refractivity contribution is 9.10. The van der Waals surface area contributed by atoms with E-state index in [2.05, 4.69) is 26.5 Å². The van der Waals surface area contributed by atoms with Gasteiger partial charge in [-0.3, -0.25) is 4.79 Å². The molecule has 0 bridgehead atoms. The molecule has 0 atom stereocenters. The van der Waals surface area contributed by atoms with Crippen molar-refractivity contribution in [1.82, 2.24) is 5.43 Å². The lowest BCUT2D eigenvalue weighted by molar-refractivity contribution is 0.0951. The van der Waals surface area contributed by atoms with Crippen LogP contribution in [0.4, 0.5) is 0 Å². The topological polar surface area (TPSA) is 59.9 Å². The van der Waals surface area contributed by atoms with Crippen LogP contribution in [-0.4, -0.2) is 25.8 Å². The van der Waals surface area contributed by atoms with E-state index >= 15 is 0 Å². The van der Waals surface area contributed by atoms with Crippen LogP contribution in [0.15, 0.2) is 52.0 Å². The highest BCUT2D eigenvalue weighted by Crippen LogP contribution is 2.23. The van der Waals surface area contributed by atoms with E-state index in [1.807, 2.05) is 37.3 Å². The third kappa shape index (κ3) is 4.82. The van der Waals surface area contributed by atoms with Crippen molar-refractivity contribution in [3.63, 3.8) is 0 Å². The second-order valence-electron chi connectivity index (χ2n) is 4.55. The fourth-order valence-corrected chi connectivity index (χ4v) is 2.27. The fraction of sp³-hybridized carbons (Fsp3) is 0.176. The molecule has 0 fully saturated rings. The monoisotopic (exact) mass is 376 g/mol. The number of carbonyl (C=O) groups is 1. The van der Waals surface area contributed by atoms with Crippen LogP contribution in [0.2, 0.25) is 0 Å². The molecule has 0 unspecified atom stereocenters. The van der Waals surface area contributed by atoms with Gasteiger partial charge in [-0.25, -0.2) is 5.43 Å². The van der Waals surface area contributed by atoms with Crippen LogP contribution in [0.25, 0.3) is 0 Å². The first-order valence-corrected chi connectivity index (χ1v) is 7.83. The van der Waals surface area contributed by atoms with Crippen molar-refractivity contribution in [3.05, 3.63) is 58.1 Å². The number of carbonyl (C=O) groups excluding carboxylic acids is 1. The van der Waals surface area contributed by atoms with Crippen molar-refractivity contribution < 1.29 is 14.3 Å². The van der Waals surface area contributed by atoms with Crippen LogP contribution in [-0.2, 0) is 0 Å². The lowest BCUT2D eigenvalue weighted by Gasteiger charge is -2.09. The van der Waals surface area contributed by atoms with E-state index in [0.717, 1.165) is 15.8 Å². The quantitative estimate of drug-likeness (QED) is 0.618. The highest BCUT2D eigenvalue weighted by atomic mass is 79.9. The summed E-state index contributed by atoms with van der Waals surface area (Å²) < 4.78 is 11.4. The number of nitrogens with zero attached hydrogens (tertiary/aromatic N) is 1. The first-order valence-electron chi connectivity index (χ1n) is 7.04. The molecule has 2 rings (SSSR count). The summed E-state index contributed by atoms with van der Waals surface area (Å²) in [5.41, 5.74) is 3.74. The number of rotatable bonds is 6. The van der Waals surface area contributed by atoms with E-state index in [-0.39, 0.29) is 5.91 Å². The number of amides is 1. The van der Waals surface area contributed by atoms with Crippen LogP contribution in [0.5, 0.6) is 11.5 Å². The number of methoxy groups -OCH3 is 1. The molecule has 0 saturated heterocycles. The third-order valence-corrected chi connectivity index (χ3v) is 3.45. The van der Waals surface area contributed by atoms with Gasteiger partial charge in [-0.15, -0.1) is 0 Å². The average Bonchev–Trinajstić information content (AvgIpc) is 2.56. The van der Waals surface area contributed by atoms with Crippen LogP contribution >= 0.6 is 15.9 Å². The smallest absolute Gasteiger partial charge is 0.275 e. The molecule has 6 heteroatoms. The SMILES string of the molecule is CCOc1ccc(Br)cc1C(=O)N/N=C\c1cccc(OC)c1. The van der Waals surface area contributed by atoms with Crippen LogP contribution in [0, 0.1) is 0 Å². The minimum absolute atomic E-state index is 0.339. The Morgan fingerprint density at radius 1 is 1.30 bits per heavy atom. The van der Waals surface area contributed by atoms with Crippen molar-refractivity contribution in [1.29, 1.82) is 0 Å². The lowest BCUT2D eigenvalue weighted by atomic mass is 10.2. The molecule has 2 aromatic rings. The van der Waals surface area contributed by atoms with E-state index < -0.39 is 0 Å². The molecule has 0 aliphatic heterocycles. The van der Waals surface area contributed by atoms with E-state index in [9.17, 15) is 4.79 Å². The van der Waals surface area contributed by atoms with Crippen LogP contribution in [0.3, 0.4) is 0 Å². The van der Waals surface area contributed by atoms with E-state index in [1.165, 1.54) is 0 Å². The Morgan fingerprint density at radius 3 is 2.87 bits per heavy atom. The van der Waals surface area contributed by atoms with Gasteiger partial charge < -0.3 is 9.47 Å². The van der Waals surface area contributed by atoms with Gasteiger partial charge in [-0.05, 0) is 42.8 Å². The minimum atomic E-state index is -0.339. The number of benzene rings is 2. The second-order valence-corrected chi connectivity index (χ2v) is 5.46. The van der Waals surface area contributed by atoms with Gasteiger partial charge in [0, 0.05) is 4.47 Å². The number of nitrogens with one attached hydrogen (secondary N) is 1. The summed E-state index contributed by atoms with van der Waals surface area (Å²) in [5, 5.41) is 3.97. The normalized spacial score (nSPS) is 10.6. The maximum Gasteiger partial charge on any atom is 0.275 e. The predicted octanol–water partition coefficient (Wildman–Crippen LogP) is 3.62. The van der Waals surface area contributed by atoms with Gasteiger partial charge in [0.25, 0.3) is 5.91 Å². The van der Waals surface area contributed by atoms with Crippen molar-refractivity contribution in [2.24, 2.45) is 5.10 Å². The molecule has 0 heterocycles. The number of ether oxygens (including phenoxy) is 2. The largest absolute Gasteiger partial charge is 0.497 e. The third-order valence-electron chi connectivity index (χ3n) is 2.96. The molecule has 0 aromatic heterocycles. The summed E-state index contributed by atoms with van der Waals surface area (Å²) in [6, 6.07) is 12.6. The summed E-state index contributed by atoms with van der Waals surface area (Å²) in [5.74, 6) is 0.907. The van der Waals surface area contributed by atoms with Gasteiger partial charge in [0.05, 0.1) is 25.5 Å². The van der Waals surface area contributed by atoms with Gasteiger partial charge in [0.15, 0.2) is 0 Å². The molecule has 0 aliphatic rings. The van der Waals surface area contributed by atoms with Gasteiger partial charge >= 0.3 is 0 Å². The zero-order valence-electron chi connectivity index (χ0n) is 12.9. The van der Waals surface area contributed by atoms with Gasteiger partial charge in [-0.2, -0.15) is 5.10 Å². The molecule has 1 N–H and O–H groups in total. The summed E-state index contributed by atoms with van der Waals surface area (Å²) in [6.45, 7) is 2.35. The summed E-state index contributed by atoms with van der Waals surface area (Å²) in [4.78, 5) is 12.3. The Morgan fingerprint density at radius 2 is 2.13 bits per heavy atom. The van der Waals surface area contributed by atoms with Crippen molar-refractivity contribution >= 4 is 28.1 Å².